The highest BCUT2D eigenvalue weighted by atomic mass is 35.5. The zero-order valence-corrected chi connectivity index (χ0v) is 29.9. The van der Waals surface area contributed by atoms with Crippen LogP contribution in [0.2, 0.25) is 10.0 Å². The fourth-order valence-corrected chi connectivity index (χ4v) is 6.74. The molecule has 0 saturated carbocycles. The van der Waals surface area contributed by atoms with E-state index in [1.54, 1.807) is 18.6 Å². The third kappa shape index (κ3) is 8.64. The van der Waals surface area contributed by atoms with Gasteiger partial charge in [0.05, 0.1) is 28.7 Å². The Kier molecular flexibility index (Phi) is 11.3. The van der Waals surface area contributed by atoms with E-state index in [9.17, 15) is 4.79 Å². The van der Waals surface area contributed by atoms with E-state index in [1.807, 2.05) is 62.7 Å². The summed E-state index contributed by atoms with van der Waals surface area (Å²) in [4.78, 5) is 23.7. The van der Waals surface area contributed by atoms with E-state index >= 15 is 0 Å². The Morgan fingerprint density at radius 3 is 2.49 bits per heavy atom. The second-order valence-electron chi connectivity index (χ2n) is 13.3. The molecule has 3 aromatic heterocycles. The molecule has 13 heteroatoms. The van der Waals surface area contributed by atoms with Crippen LogP contribution in [0.25, 0.3) is 22.2 Å². The largest absolute Gasteiger partial charge is 0.486 e. The standard InChI is InChI=1S/C36H43Cl2N5O6/c1-23(33-27(37)21-39-22-28(33)38)48-25-11-12-29-26(20-25)34(41-43(29)31-9-5-7-16-45-31)24-13-14-40-30(19-24)42(35(44)49-36(2,3)4)15-18-47-32-10-6-8-17-46-32/h11-14,19-23,31-32H,5-10,15-18H2,1-4H3/t23-,31?,32?/m1/s1. The Bertz CT molecular complexity index is 1730. The molecule has 6 rings (SSSR count). The third-order valence-corrected chi connectivity index (χ3v) is 8.98. The summed E-state index contributed by atoms with van der Waals surface area (Å²) in [5.74, 6) is 1.03. The normalized spacial score (nSPS) is 19.1. The average molecular weight is 713 g/mol. The Morgan fingerprint density at radius 2 is 1.80 bits per heavy atom. The molecule has 4 aromatic rings. The molecule has 2 aliphatic rings. The number of halogens is 2. The number of carbonyl (C=O) groups is 1. The number of hydrogen-bond acceptors (Lipinski definition) is 9. The molecule has 0 bridgehead atoms. The van der Waals surface area contributed by atoms with Gasteiger partial charge in [0.25, 0.3) is 0 Å². The number of pyridine rings is 2. The third-order valence-electron chi connectivity index (χ3n) is 8.38. The van der Waals surface area contributed by atoms with Crippen molar-refractivity contribution in [2.75, 3.05) is 31.3 Å². The molecule has 262 valence electrons. The number of aromatic nitrogens is 4. The lowest BCUT2D eigenvalue weighted by atomic mass is 10.1. The van der Waals surface area contributed by atoms with Crippen molar-refractivity contribution in [1.82, 2.24) is 19.7 Å². The number of carbonyl (C=O) groups excluding carboxylic acids is 1. The first-order valence-electron chi connectivity index (χ1n) is 16.9. The first kappa shape index (κ1) is 35.3. The van der Waals surface area contributed by atoms with Crippen LogP contribution in [0.3, 0.4) is 0 Å². The molecule has 0 N–H and O–H groups in total. The molecular weight excluding hydrogens is 669 g/mol. The summed E-state index contributed by atoms with van der Waals surface area (Å²) < 4.78 is 32.0. The zero-order chi connectivity index (χ0) is 34.5. The zero-order valence-electron chi connectivity index (χ0n) is 28.4. The molecule has 5 heterocycles. The summed E-state index contributed by atoms with van der Waals surface area (Å²) in [7, 11) is 0. The minimum absolute atomic E-state index is 0.205. The topological polar surface area (TPSA) is 110 Å². The molecule has 0 aliphatic carbocycles. The van der Waals surface area contributed by atoms with Crippen LogP contribution in [0.5, 0.6) is 5.75 Å². The van der Waals surface area contributed by atoms with Gasteiger partial charge in [-0.25, -0.2) is 14.5 Å². The smallest absolute Gasteiger partial charge is 0.416 e. The van der Waals surface area contributed by atoms with Crippen molar-refractivity contribution in [3.8, 4) is 17.0 Å². The van der Waals surface area contributed by atoms with Gasteiger partial charge in [-0.05, 0) is 96.6 Å². The van der Waals surface area contributed by atoms with Gasteiger partial charge in [-0.1, -0.05) is 23.2 Å². The fraction of sp³-hybridized carbons (Fsp3) is 0.500. The van der Waals surface area contributed by atoms with Crippen molar-refractivity contribution >= 4 is 46.0 Å². The quantitative estimate of drug-likeness (QED) is 0.159. The van der Waals surface area contributed by atoms with Gasteiger partial charge in [0.15, 0.2) is 12.5 Å². The molecule has 49 heavy (non-hydrogen) atoms. The van der Waals surface area contributed by atoms with Crippen molar-refractivity contribution < 1.29 is 28.5 Å². The molecule has 2 aliphatic heterocycles. The van der Waals surface area contributed by atoms with E-state index in [-0.39, 0.29) is 25.7 Å². The highest BCUT2D eigenvalue weighted by molar-refractivity contribution is 6.35. The van der Waals surface area contributed by atoms with Crippen LogP contribution < -0.4 is 9.64 Å². The highest BCUT2D eigenvalue weighted by Crippen LogP contribution is 2.38. The summed E-state index contributed by atoms with van der Waals surface area (Å²) in [6.07, 6.45) is 9.14. The van der Waals surface area contributed by atoms with E-state index in [0.29, 0.717) is 46.1 Å². The molecule has 11 nitrogen and oxygen atoms in total. The van der Waals surface area contributed by atoms with Crippen molar-refractivity contribution in [2.24, 2.45) is 0 Å². The number of amides is 1. The van der Waals surface area contributed by atoms with Crippen LogP contribution in [0.1, 0.15) is 84.1 Å². The molecule has 2 unspecified atom stereocenters. The molecule has 3 atom stereocenters. The maximum Gasteiger partial charge on any atom is 0.416 e. The lowest BCUT2D eigenvalue weighted by Gasteiger charge is -2.28. The Balaban J connectivity index is 1.35. The van der Waals surface area contributed by atoms with Gasteiger partial charge in [-0.2, -0.15) is 5.10 Å². The first-order chi connectivity index (χ1) is 23.6. The molecule has 1 aromatic carbocycles. The SMILES string of the molecule is C[C@@H](Oc1ccc2c(c1)c(-c1ccnc(N(CCOC3CCCCO3)C(=O)OC(C)(C)C)c1)nn2C1CCCCO1)c1c(Cl)cncc1Cl. The van der Waals surface area contributed by atoms with Gasteiger partial charge in [-0.3, -0.25) is 9.88 Å². The van der Waals surface area contributed by atoms with Crippen molar-refractivity contribution in [3.63, 3.8) is 0 Å². The van der Waals surface area contributed by atoms with Gasteiger partial charge in [0.2, 0.25) is 0 Å². The minimum Gasteiger partial charge on any atom is -0.486 e. The molecule has 0 spiro atoms. The number of fused-ring (bicyclic) bond motifs is 1. The van der Waals surface area contributed by atoms with Gasteiger partial charge in [-0.15, -0.1) is 0 Å². The Hall–Kier alpha value is -3.48. The second-order valence-corrected chi connectivity index (χ2v) is 14.1. The average Bonchev–Trinajstić information content (AvgIpc) is 3.46. The predicted molar refractivity (Wildman–Crippen MR) is 188 cm³/mol. The Labute approximate surface area is 296 Å². The molecule has 2 saturated heterocycles. The fourth-order valence-electron chi connectivity index (χ4n) is 6.06. The van der Waals surface area contributed by atoms with Crippen LogP contribution in [0.15, 0.2) is 48.9 Å². The summed E-state index contributed by atoms with van der Waals surface area (Å²) in [5.41, 5.74) is 2.31. The van der Waals surface area contributed by atoms with Crippen LogP contribution in [-0.4, -0.2) is 64.1 Å². The summed E-state index contributed by atoms with van der Waals surface area (Å²) in [6.45, 7) is 9.23. The number of rotatable bonds is 10. The monoisotopic (exact) mass is 711 g/mol. The van der Waals surface area contributed by atoms with Gasteiger partial charge < -0.3 is 23.7 Å². The maximum absolute atomic E-state index is 13.5. The summed E-state index contributed by atoms with van der Waals surface area (Å²) in [6, 6.07) is 9.58. The maximum atomic E-state index is 13.5. The van der Waals surface area contributed by atoms with Crippen LogP contribution in [0.4, 0.5) is 10.6 Å². The van der Waals surface area contributed by atoms with E-state index in [1.165, 1.54) is 4.90 Å². The molecular formula is C36H43Cl2N5O6. The van der Waals surface area contributed by atoms with E-state index in [2.05, 4.69) is 9.97 Å². The number of nitrogens with zero attached hydrogens (tertiary/aromatic N) is 5. The lowest BCUT2D eigenvalue weighted by molar-refractivity contribution is -0.160. The Morgan fingerprint density at radius 1 is 1.04 bits per heavy atom. The summed E-state index contributed by atoms with van der Waals surface area (Å²) in [5, 5.41) is 6.81. The van der Waals surface area contributed by atoms with Crippen LogP contribution in [-0.2, 0) is 18.9 Å². The predicted octanol–water partition coefficient (Wildman–Crippen LogP) is 8.92. The number of benzene rings is 1. The van der Waals surface area contributed by atoms with Crippen LogP contribution in [0, 0.1) is 0 Å². The van der Waals surface area contributed by atoms with Crippen molar-refractivity contribution in [3.05, 3.63) is 64.5 Å². The molecule has 1 amide bonds. The van der Waals surface area contributed by atoms with Gasteiger partial charge in [0.1, 0.15) is 29.0 Å². The number of anilines is 1. The number of hydrogen-bond donors (Lipinski definition) is 0. The highest BCUT2D eigenvalue weighted by Gasteiger charge is 2.27. The van der Waals surface area contributed by atoms with E-state index in [0.717, 1.165) is 55.0 Å². The first-order valence-corrected chi connectivity index (χ1v) is 17.6. The van der Waals surface area contributed by atoms with Crippen LogP contribution >= 0.6 is 23.2 Å². The van der Waals surface area contributed by atoms with Gasteiger partial charge in [0, 0.05) is 48.3 Å². The minimum atomic E-state index is -0.701. The molecule has 2 fully saturated rings. The van der Waals surface area contributed by atoms with E-state index in [4.69, 9.17) is 52.0 Å². The lowest BCUT2D eigenvalue weighted by Crippen LogP contribution is -2.40. The van der Waals surface area contributed by atoms with E-state index < -0.39 is 17.8 Å². The number of ether oxygens (including phenoxy) is 5. The van der Waals surface area contributed by atoms with Gasteiger partial charge >= 0.3 is 6.09 Å². The van der Waals surface area contributed by atoms with Crippen molar-refractivity contribution in [1.29, 1.82) is 0 Å². The molecule has 0 radical (unpaired) electrons. The summed E-state index contributed by atoms with van der Waals surface area (Å²) >= 11 is 12.9. The van der Waals surface area contributed by atoms with Crippen molar-refractivity contribution in [2.45, 2.75) is 90.4 Å². The second kappa shape index (κ2) is 15.6.